The SMILES string of the molecule is COc1ccc(C(C)C)cc1S(=O)(=O)N1CCC[C@H](C(=O)N2CCN(c3ccccc3)CC2)C1. The number of rotatable bonds is 6. The summed E-state index contributed by atoms with van der Waals surface area (Å²) >= 11 is 0. The van der Waals surface area contributed by atoms with Crippen LogP contribution in [0.1, 0.15) is 38.2 Å². The number of amides is 1. The van der Waals surface area contributed by atoms with E-state index in [1.807, 2.05) is 43.0 Å². The number of piperidine rings is 1. The van der Waals surface area contributed by atoms with Crippen molar-refractivity contribution in [2.75, 3.05) is 51.3 Å². The molecule has 34 heavy (non-hydrogen) atoms. The van der Waals surface area contributed by atoms with Crippen LogP contribution in [-0.4, -0.2) is 69.9 Å². The Bertz CT molecular complexity index is 1100. The summed E-state index contributed by atoms with van der Waals surface area (Å²) in [6.45, 7) is 7.57. The number of hydrogen-bond acceptors (Lipinski definition) is 5. The predicted molar refractivity (Wildman–Crippen MR) is 134 cm³/mol. The highest BCUT2D eigenvalue weighted by Gasteiger charge is 2.37. The van der Waals surface area contributed by atoms with Crippen LogP contribution in [0.4, 0.5) is 5.69 Å². The number of methoxy groups -OCH3 is 1. The van der Waals surface area contributed by atoms with Crippen molar-refractivity contribution in [3.8, 4) is 5.75 Å². The van der Waals surface area contributed by atoms with Gasteiger partial charge in [0.2, 0.25) is 15.9 Å². The second-order valence-corrected chi connectivity index (χ2v) is 11.3. The maximum atomic E-state index is 13.6. The van der Waals surface area contributed by atoms with Crippen molar-refractivity contribution in [2.24, 2.45) is 5.92 Å². The third-order valence-corrected chi connectivity index (χ3v) is 8.80. The number of piperazine rings is 1. The topological polar surface area (TPSA) is 70.2 Å². The van der Waals surface area contributed by atoms with Gasteiger partial charge in [0.15, 0.2) is 0 Å². The Kier molecular flexibility index (Phi) is 7.48. The minimum absolute atomic E-state index is 0.0653. The fraction of sp³-hybridized carbons (Fsp3) is 0.500. The number of anilines is 1. The van der Waals surface area contributed by atoms with E-state index < -0.39 is 10.0 Å². The van der Waals surface area contributed by atoms with Crippen molar-refractivity contribution in [3.63, 3.8) is 0 Å². The first-order valence-electron chi connectivity index (χ1n) is 12.1. The second kappa shape index (κ2) is 10.4. The van der Waals surface area contributed by atoms with E-state index in [0.717, 1.165) is 18.7 Å². The lowest BCUT2D eigenvalue weighted by Crippen LogP contribution is -2.53. The number of sulfonamides is 1. The van der Waals surface area contributed by atoms with Gasteiger partial charge in [0, 0.05) is 45.0 Å². The fourth-order valence-corrected chi connectivity index (χ4v) is 6.55. The van der Waals surface area contributed by atoms with Crippen molar-refractivity contribution < 1.29 is 17.9 Å². The fourth-order valence-electron chi connectivity index (χ4n) is 4.84. The molecule has 4 rings (SSSR count). The summed E-state index contributed by atoms with van der Waals surface area (Å²) in [7, 11) is -2.29. The second-order valence-electron chi connectivity index (χ2n) is 9.42. The van der Waals surface area contributed by atoms with Crippen molar-refractivity contribution in [1.82, 2.24) is 9.21 Å². The van der Waals surface area contributed by atoms with Crippen LogP contribution in [0.5, 0.6) is 5.75 Å². The zero-order valence-corrected chi connectivity index (χ0v) is 21.1. The molecule has 1 atom stereocenters. The summed E-state index contributed by atoms with van der Waals surface area (Å²) in [5.41, 5.74) is 2.11. The van der Waals surface area contributed by atoms with Gasteiger partial charge in [-0.25, -0.2) is 8.42 Å². The van der Waals surface area contributed by atoms with Gasteiger partial charge in [0.25, 0.3) is 0 Å². The Morgan fingerprint density at radius 3 is 2.35 bits per heavy atom. The molecule has 8 heteroatoms. The van der Waals surface area contributed by atoms with Gasteiger partial charge in [-0.15, -0.1) is 0 Å². The molecule has 0 aromatic heterocycles. The maximum absolute atomic E-state index is 13.6. The van der Waals surface area contributed by atoms with Crippen LogP contribution in [0.25, 0.3) is 0 Å². The van der Waals surface area contributed by atoms with Crippen LogP contribution >= 0.6 is 0 Å². The Morgan fingerprint density at radius 2 is 1.71 bits per heavy atom. The van der Waals surface area contributed by atoms with Crippen LogP contribution in [0.2, 0.25) is 0 Å². The highest BCUT2D eigenvalue weighted by atomic mass is 32.2. The van der Waals surface area contributed by atoms with E-state index in [4.69, 9.17) is 4.74 Å². The number of carbonyl (C=O) groups excluding carboxylic acids is 1. The number of ether oxygens (including phenoxy) is 1. The molecule has 0 N–H and O–H groups in total. The van der Waals surface area contributed by atoms with Crippen molar-refractivity contribution in [2.45, 2.75) is 37.5 Å². The van der Waals surface area contributed by atoms with E-state index in [0.29, 0.717) is 38.2 Å². The van der Waals surface area contributed by atoms with E-state index in [9.17, 15) is 13.2 Å². The van der Waals surface area contributed by atoms with Gasteiger partial charge in [-0.2, -0.15) is 4.31 Å². The Labute approximate surface area is 203 Å². The molecule has 1 amide bonds. The van der Waals surface area contributed by atoms with Gasteiger partial charge in [0.05, 0.1) is 13.0 Å². The summed E-state index contributed by atoms with van der Waals surface area (Å²) in [5, 5.41) is 0. The molecule has 2 aliphatic heterocycles. The molecule has 0 unspecified atom stereocenters. The van der Waals surface area contributed by atoms with E-state index in [2.05, 4.69) is 17.0 Å². The van der Waals surface area contributed by atoms with E-state index in [-0.39, 0.29) is 29.2 Å². The summed E-state index contributed by atoms with van der Waals surface area (Å²) in [4.78, 5) is 17.7. The molecular formula is C26H35N3O4S. The van der Waals surface area contributed by atoms with Crippen molar-refractivity contribution in [3.05, 3.63) is 54.1 Å². The zero-order valence-electron chi connectivity index (χ0n) is 20.3. The molecule has 2 heterocycles. The van der Waals surface area contributed by atoms with Gasteiger partial charge in [-0.05, 0) is 48.6 Å². The molecule has 0 bridgehead atoms. The Morgan fingerprint density at radius 1 is 1.00 bits per heavy atom. The molecule has 2 aliphatic rings. The quantitative estimate of drug-likeness (QED) is 0.626. The Balaban J connectivity index is 1.45. The smallest absolute Gasteiger partial charge is 0.246 e. The molecule has 7 nitrogen and oxygen atoms in total. The van der Waals surface area contributed by atoms with Gasteiger partial charge in [-0.3, -0.25) is 4.79 Å². The van der Waals surface area contributed by atoms with Crippen LogP contribution in [-0.2, 0) is 14.8 Å². The lowest BCUT2D eigenvalue weighted by atomic mass is 9.97. The highest BCUT2D eigenvalue weighted by Crippen LogP contribution is 2.33. The van der Waals surface area contributed by atoms with E-state index in [1.165, 1.54) is 17.1 Å². The minimum atomic E-state index is -3.77. The first kappa shape index (κ1) is 24.5. The summed E-state index contributed by atoms with van der Waals surface area (Å²) < 4.78 is 34.1. The van der Waals surface area contributed by atoms with Crippen LogP contribution in [0, 0.1) is 5.92 Å². The normalized spacial score (nSPS) is 19.9. The first-order chi connectivity index (χ1) is 16.3. The van der Waals surface area contributed by atoms with Crippen molar-refractivity contribution in [1.29, 1.82) is 0 Å². The molecule has 2 aromatic rings. The maximum Gasteiger partial charge on any atom is 0.246 e. The number of nitrogens with zero attached hydrogens (tertiary/aromatic N) is 3. The molecule has 0 radical (unpaired) electrons. The van der Waals surface area contributed by atoms with E-state index >= 15 is 0 Å². The molecule has 184 valence electrons. The molecule has 2 aromatic carbocycles. The lowest BCUT2D eigenvalue weighted by Gasteiger charge is -2.39. The highest BCUT2D eigenvalue weighted by molar-refractivity contribution is 7.89. The average Bonchev–Trinajstić information content (AvgIpc) is 2.88. The molecule has 0 saturated carbocycles. The summed E-state index contributed by atoms with van der Waals surface area (Å²) in [6.07, 6.45) is 1.39. The van der Waals surface area contributed by atoms with Gasteiger partial charge >= 0.3 is 0 Å². The van der Waals surface area contributed by atoms with Crippen LogP contribution < -0.4 is 9.64 Å². The van der Waals surface area contributed by atoms with Crippen molar-refractivity contribution >= 4 is 21.6 Å². The number of para-hydroxylation sites is 1. The predicted octanol–water partition coefficient (Wildman–Crippen LogP) is 3.57. The molecule has 0 spiro atoms. The van der Waals surface area contributed by atoms with Gasteiger partial charge in [0.1, 0.15) is 10.6 Å². The third-order valence-electron chi connectivity index (χ3n) is 6.92. The molecule has 2 saturated heterocycles. The standard InChI is InChI=1S/C26H35N3O4S/c1-20(2)21-11-12-24(33-3)25(18-21)34(31,32)29-13-7-8-22(19-29)26(30)28-16-14-27(15-17-28)23-9-5-4-6-10-23/h4-6,9-12,18,20,22H,7-8,13-17,19H2,1-3H3/t22-/m0/s1. The van der Waals surface area contributed by atoms with Gasteiger partial charge in [-0.1, -0.05) is 38.1 Å². The van der Waals surface area contributed by atoms with Gasteiger partial charge < -0.3 is 14.5 Å². The largest absolute Gasteiger partial charge is 0.495 e. The summed E-state index contributed by atoms with van der Waals surface area (Å²) in [5.74, 6) is 0.293. The van der Waals surface area contributed by atoms with Crippen LogP contribution in [0.3, 0.4) is 0 Å². The number of hydrogen-bond donors (Lipinski definition) is 0. The molecule has 2 fully saturated rings. The third kappa shape index (κ3) is 5.08. The number of carbonyl (C=O) groups is 1. The number of benzene rings is 2. The summed E-state index contributed by atoms with van der Waals surface area (Å²) in [6, 6.07) is 15.6. The first-order valence-corrected chi connectivity index (χ1v) is 13.5. The lowest BCUT2D eigenvalue weighted by molar-refractivity contribution is -0.137. The molecular weight excluding hydrogens is 450 g/mol. The van der Waals surface area contributed by atoms with Crippen LogP contribution in [0.15, 0.2) is 53.4 Å². The molecule has 0 aliphatic carbocycles. The average molecular weight is 486 g/mol. The Hall–Kier alpha value is -2.58. The van der Waals surface area contributed by atoms with E-state index in [1.54, 1.807) is 12.1 Å². The zero-order chi connectivity index (χ0) is 24.3. The minimum Gasteiger partial charge on any atom is -0.495 e. The monoisotopic (exact) mass is 485 g/mol.